The van der Waals surface area contributed by atoms with Crippen LogP contribution in [0.1, 0.15) is 47.9 Å². The molecule has 0 unspecified atom stereocenters. The number of nitrogens with zero attached hydrogens (tertiary/aromatic N) is 2. The fourth-order valence-electron chi connectivity index (χ4n) is 2.65. The number of carbonyl (C=O) groups is 1. The van der Waals surface area contributed by atoms with Gasteiger partial charge in [0, 0.05) is 17.6 Å². The highest BCUT2D eigenvalue weighted by Crippen LogP contribution is 2.38. The molecule has 1 aromatic carbocycles. The monoisotopic (exact) mass is 255 g/mol. The zero-order chi connectivity index (χ0) is 13.0. The van der Waals surface area contributed by atoms with E-state index in [1.165, 1.54) is 12.8 Å². The first-order valence-corrected chi connectivity index (χ1v) is 7.02. The number of carbonyl (C=O) groups excluding carboxylic acids is 1. The predicted octanol–water partition coefficient (Wildman–Crippen LogP) is 2.57. The van der Waals surface area contributed by atoms with Crippen LogP contribution < -0.4 is 5.32 Å². The minimum atomic E-state index is 0.0306. The number of aromatic nitrogens is 2. The summed E-state index contributed by atoms with van der Waals surface area (Å²) in [5.41, 5.74) is 2.82. The standard InChI is InChI=1S/C15H17N3O/c1-9-16-13-8-10(15(19)17-11-3-4-11)2-7-14(13)18(9)12-5-6-12/h2,7-8,11-12H,3-6H2,1H3,(H,17,19). The van der Waals surface area contributed by atoms with Crippen molar-refractivity contribution in [2.75, 3.05) is 0 Å². The van der Waals surface area contributed by atoms with E-state index in [9.17, 15) is 4.79 Å². The third-order valence-electron chi connectivity index (χ3n) is 3.95. The van der Waals surface area contributed by atoms with Crippen LogP contribution in [-0.2, 0) is 0 Å². The van der Waals surface area contributed by atoms with Gasteiger partial charge in [-0.05, 0) is 50.8 Å². The number of rotatable bonds is 3. The van der Waals surface area contributed by atoms with E-state index >= 15 is 0 Å². The molecule has 4 nitrogen and oxygen atoms in total. The Morgan fingerprint density at radius 2 is 2.11 bits per heavy atom. The first-order valence-electron chi connectivity index (χ1n) is 7.02. The molecular formula is C15H17N3O. The van der Waals surface area contributed by atoms with E-state index in [1.807, 2.05) is 25.1 Å². The molecule has 0 bridgehead atoms. The number of aryl methyl sites for hydroxylation is 1. The molecule has 1 N–H and O–H groups in total. The van der Waals surface area contributed by atoms with Gasteiger partial charge in [0.15, 0.2) is 0 Å². The van der Waals surface area contributed by atoms with E-state index in [4.69, 9.17) is 0 Å². The Balaban J connectivity index is 1.72. The number of amides is 1. The summed E-state index contributed by atoms with van der Waals surface area (Å²) in [6, 6.07) is 6.89. The largest absolute Gasteiger partial charge is 0.349 e. The Kier molecular flexibility index (Phi) is 2.22. The van der Waals surface area contributed by atoms with Gasteiger partial charge in [0.25, 0.3) is 5.91 Å². The molecular weight excluding hydrogens is 238 g/mol. The van der Waals surface area contributed by atoms with Crippen LogP contribution in [0.2, 0.25) is 0 Å². The Morgan fingerprint density at radius 3 is 2.79 bits per heavy atom. The second-order valence-electron chi connectivity index (χ2n) is 5.71. The van der Waals surface area contributed by atoms with Crippen LogP contribution in [-0.4, -0.2) is 21.5 Å². The Morgan fingerprint density at radius 1 is 1.32 bits per heavy atom. The maximum atomic E-state index is 12.0. The zero-order valence-corrected chi connectivity index (χ0v) is 11.0. The third kappa shape index (κ3) is 1.91. The molecule has 1 heterocycles. The van der Waals surface area contributed by atoms with Crippen molar-refractivity contribution in [2.45, 2.75) is 44.7 Å². The third-order valence-corrected chi connectivity index (χ3v) is 3.95. The second kappa shape index (κ2) is 3.83. The average molecular weight is 255 g/mol. The lowest BCUT2D eigenvalue weighted by atomic mass is 10.2. The van der Waals surface area contributed by atoms with Crippen molar-refractivity contribution < 1.29 is 4.79 Å². The summed E-state index contributed by atoms with van der Waals surface area (Å²) in [6.45, 7) is 2.04. The van der Waals surface area contributed by atoms with Crippen molar-refractivity contribution in [3.63, 3.8) is 0 Å². The van der Waals surface area contributed by atoms with Crippen molar-refractivity contribution in [2.24, 2.45) is 0 Å². The molecule has 0 atom stereocenters. The number of fused-ring (bicyclic) bond motifs is 1. The van der Waals surface area contributed by atoms with Crippen LogP contribution in [0.15, 0.2) is 18.2 Å². The number of hydrogen-bond acceptors (Lipinski definition) is 2. The van der Waals surface area contributed by atoms with Crippen molar-refractivity contribution in [3.8, 4) is 0 Å². The van der Waals surface area contributed by atoms with Crippen LogP contribution in [0.3, 0.4) is 0 Å². The van der Waals surface area contributed by atoms with Crippen LogP contribution in [0.4, 0.5) is 0 Å². The Hall–Kier alpha value is -1.84. The maximum absolute atomic E-state index is 12.0. The van der Waals surface area contributed by atoms with Crippen LogP contribution in [0, 0.1) is 6.92 Å². The number of nitrogens with one attached hydrogen (secondary N) is 1. The fourth-order valence-corrected chi connectivity index (χ4v) is 2.65. The molecule has 0 spiro atoms. The van der Waals surface area contributed by atoms with Gasteiger partial charge < -0.3 is 9.88 Å². The second-order valence-corrected chi connectivity index (χ2v) is 5.71. The van der Waals surface area contributed by atoms with Gasteiger partial charge in [-0.25, -0.2) is 4.98 Å². The molecule has 0 radical (unpaired) electrons. The number of hydrogen-bond donors (Lipinski definition) is 1. The molecule has 0 saturated heterocycles. The van der Waals surface area contributed by atoms with E-state index in [1.54, 1.807) is 0 Å². The van der Waals surface area contributed by atoms with Crippen molar-refractivity contribution in [3.05, 3.63) is 29.6 Å². The van der Waals surface area contributed by atoms with E-state index in [2.05, 4.69) is 14.9 Å². The highest BCUT2D eigenvalue weighted by Gasteiger charge is 2.27. The summed E-state index contributed by atoms with van der Waals surface area (Å²) in [7, 11) is 0. The van der Waals surface area contributed by atoms with Gasteiger partial charge in [-0.1, -0.05) is 0 Å². The van der Waals surface area contributed by atoms with E-state index in [-0.39, 0.29) is 5.91 Å². The molecule has 2 aliphatic rings. The Bertz CT molecular complexity index is 665. The topological polar surface area (TPSA) is 46.9 Å². The summed E-state index contributed by atoms with van der Waals surface area (Å²) >= 11 is 0. The van der Waals surface area contributed by atoms with Crippen molar-refractivity contribution >= 4 is 16.9 Å². The van der Waals surface area contributed by atoms with Gasteiger partial charge in [0.1, 0.15) is 5.82 Å². The summed E-state index contributed by atoms with van der Waals surface area (Å²) in [4.78, 5) is 16.6. The molecule has 1 aromatic heterocycles. The minimum Gasteiger partial charge on any atom is -0.349 e. The van der Waals surface area contributed by atoms with E-state index in [0.717, 1.165) is 35.3 Å². The molecule has 2 saturated carbocycles. The molecule has 2 aliphatic carbocycles. The summed E-state index contributed by atoms with van der Waals surface area (Å²) < 4.78 is 2.30. The van der Waals surface area contributed by atoms with Crippen molar-refractivity contribution in [1.29, 1.82) is 0 Å². The molecule has 1 amide bonds. The van der Waals surface area contributed by atoms with E-state index in [0.29, 0.717) is 12.1 Å². The molecule has 4 rings (SSSR count). The first kappa shape index (κ1) is 11.0. The van der Waals surface area contributed by atoms with E-state index < -0.39 is 0 Å². The zero-order valence-electron chi connectivity index (χ0n) is 11.0. The minimum absolute atomic E-state index is 0.0306. The number of imidazole rings is 1. The van der Waals surface area contributed by atoms with Gasteiger partial charge in [0.2, 0.25) is 0 Å². The quantitative estimate of drug-likeness (QED) is 0.916. The maximum Gasteiger partial charge on any atom is 0.251 e. The molecule has 4 heteroatoms. The van der Waals surface area contributed by atoms with Gasteiger partial charge in [-0.2, -0.15) is 0 Å². The normalized spacial score (nSPS) is 18.8. The van der Waals surface area contributed by atoms with Crippen LogP contribution >= 0.6 is 0 Å². The summed E-state index contributed by atoms with van der Waals surface area (Å²) in [5, 5.41) is 3.02. The van der Waals surface area contributed by atoms with Gasteiger partial charge >= 0.3 is 0 Å². The fraction of sp³-hybridized carbons (Fsp3) is 0.467. The lowest BCUT2D eigenvalue weighted by Gasteiger charge is -2.05. The lowest BCUT2D eigenvalue weighted by molar-refractivity contribution is 0.0951. The highest BCUT2D eigenvalue weighted by molar-refractivity contribution is 5.97. The van der Waals surface area contributed by atoms with Crippen LogP contribution in [0.5, 0.6) is 0 Å². The summed E-state index contributed by atoms with van der Waals surface area (Å²) in [6.07, 6.45) is 4.72. The van der Waals surface area contributed by atoms with Crippen LogP contribution in [0.25, 0.3) is 11.0 Å². The molecule has 19 heavy (non-hydrogen) atoms. The molecule has 2 aromatic rings. The lowest BCUT2D eigenvalue weighted by Crippen LogP contribution is -2.25. The molecule has 0 aliphatic heterocycles. The SMILES string of the molecule is Cc1nc2cc(C(=O)NC3CC3)ccc2n1C1CC1. The number of benzene rings is 1. The highest BCUT2D eigenvalue weighted by atomic mass is 16.1. The Labute approximate surface area is 111 Å². The molecule has 2 fully saturated rings. The van der Waals surface area contributed by atoms with Gasteiger partial charge in [0.05, 0.1) is 11.0 Å². The predicted molar refractivity (Wildman–Crippen MR) is 73.2 cm³/mol. The van der Waals surface area contributed by atoms with Gasteiger partial charge in [-0.3, -0.25) is 4.79 Å². The van der Waals surface area contributed by atoms with Crippen molar-refractivity contribution in [1.82, 2.24) is 14.9 Å². The first-order chi connectivity index (χ1) is 9.22. The molecule has 98 valence electrons. The van der Waals surface area contributed by atoms with Gasteiger partial charge in [-0.15, -0.1) is 0 Å². The summed E-state index contributed by atoms with van der Waals surface area (Å²) in [5.74, 6) is 1.08. The average Bonchev–Trinajstić information content (AvgIpc) is 3.28. The smallest absolute Gasteiger partial charge is 0.251 e.